The maximum absolute atomic E-state index is 4.44. The molecule has 0 aliphatic heterocycles. The van der Waals surface area contributed by atoms with Gasteiger partial charge in [0.2, 0.25) is 0 Å². The summed E-state index contributed by atoms with van der Waals surface area (Å²) in [4.78, 5) is 4.44. The lowest BCUT2D eigenvalue weighted by Gasteiger charge is -2.12. The molecule has 1 heteroatoms. The highest BCUT2D eigenvalue weighted by molar-refractivity contribution is 5.58. The molecular weight excluding hydrogens is 146 g/mol. The molecular formula is C11H13N. The minimum atomic E-state index is 1.14. The van der Waals surface area contributed by atoms with Gasteiger partial charge in [0, 0.05) is 11.4 Å². The Hall–Kier alpha value is -1.11. The van der Waals surface area contributed by atoms with E-state index in [4.69, 9.17) is 0 Å². The van der Waals surface area contributed by atoms with Gasteiger partial charge in [0.25, 0.3) is 0 Å². The summed E-state index contributed by atoms with van der Waals surface area (Å²) in [7, 11) is 0. The number of rotatable bonds is 0. The van der Waals surface area contributed by atoms with Gasteiger partial charge in [-0.1, -0.05) is 12.2 Å². The molecule has 0 aromatic carbocycles. The van der Waals surface area contributed by atoms with E-state index in [1.165, 1.54) is 29.7 Å². The smallest absolute Gasteiger partial charge is 0.0450 e. The van der Waals surface area contributed by atoms with Crippen LogP contribution < -0.4 is 0 Å². The lowest BCUT2D eigenvalue weighted by molar-refractivity contribution is 0.954. The van der Waals surface area contributed by atoms with E-state index in [9.17, 15) is 0 Å². The summed E-state index contributed by atoms with van der Waals surface area (Å²) in [5.74, 6) is 0. The van der Waals surface area contributed by atoms with Crippen LogP contribution in [0.5, 0.6) is 0 Å². The zero-order valence-corrected chi connectivity index (χ0v) is 7.59. The number of allylic oxidation sites excluding steroid dienone is 1. The van der Waals surface area contributed by atoms with E-state index in [0.29, 0.717) is 0 Å². The molecule has 1 aliphatic rings. The van der Waals surface area contributed by atoms with Crippen molar-refractivity contribution in [3.8, 4) is 0 Å². The molecule has 0 N–H and O–H groups in total. The Kier molecular flexibility index (Phi) is 1.72. The van der Waals surface area contributed by atoms with Crippen molar-refractivity contribution in [2.75, 3.05) is 0 Å². The van der Waals surface area contributed by atoms with Crippen LogP contribution in [0.25, 0.3) is 6.08 Å². The first-order chi connectivity index (χ1) is 5.77. The van der Waals surface area contributed by atoms with Crippen molar-refractivity contribution < 1.29 is 0 Å². The summed E-state index contributed by atoms with van der Waals surface area (Å²) < 4.78 is 0. The zero-order valence-electron chi connectivity index (χ0n) is 7.59. The molecule has 1 aromatic rings. The van der Waals surface area contributed by atoms with Crippen molar-refractivity contribution in [3.63, 3.8) is 0 Å². The Morgan fingerprint density at radius 1 is 1.33 bits per heavy atom. The van der Waals surface area contributed by atoms with Gasteiger partial charge in [-0.25, -0.2) is 0 Å². The van der Waals surface area contributed by atoms with E-state index in [-0.39, 0.29) is 0 Å². The number of hydrogen-bond donors (Lipinski definition) is 0. The van der Waals surface area contributed by atoms with E-state index in [2.05, 4.69) is 37.0 Å². The normalized spacial score (nSPS) is 14.5. The lowest BCUT2D eigenvalue weighted by atomic mass is 9.96. The van der Waals surface area contributed by atoms with E-state index < -0.39 is 0 Å². The van der Waals surface area contributed by atoms with Gasteiger partial charge in [0.1, 0.15) is 0 Å². The SMILES string of the molecule is Cc1cc2c(c(C)n1)C=CCC2. The van der Waals surface area contributed by atoms with Crippen molar-refractivity contribution in [1.29, 1.82) is 0 Å². The van der Waals surface area contributed by atoms with E-state index in [1.54, 1.807) is 0 Å². The highest BCUT2D eigenvalue weighted by Gasteiger charge is 2.07. The van der Waals surface area contributed by atoms with Gasteiger partial charge in [0.05, 0.1) is 0 Å². The molecule has 0 saturated heterocycles. The average molecular weight is 159 g/mol. The molecule has 0 radical (unpaired) electrons. The molecule has 62 valence electrons. The molecule has 1 aromatic heterocycles. The molecule has 12 heavy (non-hydrogen) atoms. The first-order valence-electron chi connectivity index (χ1n) is 4.41. The molecule has 0 fully saturated rings. The van der Waals surface area contributed by atoms with Gasteiger partial charge < -0.3 is 0 Å². The second-order valence-electron chi connectivity index (χ2n) is 3.36. The second-order valence-corrected chi connectivity index (χ2v) is 3.36. The summed E-state index contributed by atoms with van der Waals surface area (Å²) in [5, 5.41) is 0. The van der Waals surface area contributed by atoms with Crippen LogP contribution in [0.1, 0.15) is 28.9 Å². The molecule has 0 saturated carbocycles. The summed E-state index contributed by atoms with van der Waals surface area (Å²) in [5.41, 5.74) is 5.11. The Morgan fingerprint density at radius 2 is 2.17 bits per heavy atom. The first kappa shape index (κ1) is 7.53. The Morgan fingerprint density at radius 3 is 3.00 bits per heavy atom. The topological polar surface area (TPSA) is 12.9 Å². The summed E-state index contributed by atoms with van der Waals surface area (Å²) in [6.07, 6.45) is 6.78. The predicted octanol–water partition coefficient (Wildman–Crippen LogP) is 2.66. The molecule has 2 rings (SSSR count). The summed E-state index contributed by atoms with van der Waals surface area (Å²) in [6.45, 7) is 4.15. The second kappa shape index (κ2) is 2.74. The zero-order chi connectivity index (χ0) is 8.55. The molecule has 1 aliphatic carbocycles. The average Bonchev–Trinajstić information content (AvgIpc) is 2.04. The molecule has 0 atom stereocenters. The number of aryl methyl sites for hydroxylation is 3. The maximum atomic E-state index is 4.44. The van der Waals surface area contributed by atoms with Gasteiger partial charge in [-0.15, -0.1) is 0 Å². The van der Waals surface area contributed by atoms with E-state index in [1.807, 2.05) is 0 Å². The number of pyridine rings is 1. The van der Waals surface area contributed by atoms with Crippen LogP contribution in [-0.2, 0) is 6.42 Å². The lowest BCUT2D eigenvalue weighted by Crippen LogP contribution is -2.00. The molecule has 0 bridgehead atoms. The third-order valence-electron chi connectivity index (χ3n) is 2.33. The fourth-order valence-corrected chi connectivity index (χ4v) is 1.79. The van der Waals surface area contributed by atoms with Crippen molar-refractivity contribution in [1.82, 2.24) is 4.98 Å². The van der Waals surface area contributed by atoms with Crippen molar-refractivity contribution in [2.24, 2.45) is 0 Å². The Balaban J connectivity index is 2.62. The molecule has 1 heterocycles. The van der Waals surface area contributed by atoms with Crippen molar-refractivity contribution in [3.05, 3.63) is 34.7 Å². The van der Waals surface area contributed by atoms with Gasteiger partial charge in [-0.05, 0) is 43.9 Å². The van der Waals surface area contributed by atoms with Crippen LogP contribution in [0, 0.1) is 13.8 Å². The quantitative estimate of drug-likeness (QED) is 0.567. The first-order valence-corrected chi connectivity index (χ1v) is 4.41. The molecule has 0 amide bonds. The van der Waals surface area contributed by atoms with Gasteiger partial charge >= 0.3 is 0 Å². The van der Waals surface area contributed by atoms with Crippen LogP contribution in [0.3, 0.4) is 0 Å². The van der Waals surface area contributed by atoms with Gasteiger partial charge in [-0.2, -0.15) is 0 Å². The van der Waals surface area contributed by atoms with Crippen LogP contribution >= 0.6 is 0 Å². The van der Waals surface area contributed by atoms with Crippen molar-refractivity contribution >= 4 is 6.08 Å². The number of hydrogen-bond acceptors (Lipinski definition) is 1. The Bertz CT molecular complexity index is 337. The third kappa shape index (κ3) is 1.15. The number of nitrogens with zero attached hydrogens (tertiary/aromatic N) is 1. The van der Waals surface area contributed by atoms with Crippen LogP contribution in [-0.4, -0.2) is 4.98 Å². The summed E-state index contributed by atoms with van der Waals surface area (Å²) in [6, 6.07) is 2.20. The van der Waals surface area contributed by atoms with Crippen LogP contribution in [0.2, 0.25) is 0 Å². The maximum Gasteiger partial charge on any atom is 0.0450 e. The fourth-order valence-electron chi connectivity index (χ4n) is 1.79. The van der Waals surface area contributed by atoms with Crippen LogP contribution in [0.15, 0.2) is 12.1 Å². The minimum absolute atomic E-state index is 1.14. The van der Waals surface area contributed by atoms with Gasteiger partial charge in [0.15, 0.2) is 0 Å². The van der Waals surface area contributed by atoms with Crippen LogP contribution in [0.4, 0.5) is 0 Å². The van der Waals surface area contributed by atoms with Gasteiger partial charge in [-0.3, -0.25) is 4.98 Å². The number of fused-ring (bicyclic) bond motifs is 1. The number of aromatic nitrogens is 1. The monoisotopic (exact) mass is 159 g/mol. The Labute approximate surface area is 73.1 Å². The summed E-state index contributed by atoms with van der Waals surface area (Å²) >= 11 is 0. The van der Waals surface area contributed by atoms with E-state index in [0.717, 1.165) is 5.69 Å². The predicted molar refractivity (Wildman–Crippen MR) is 51.1 cm³/mol. The minimum Gasteiger partial charge on any atom is -0.258 e. The highest BCUT2D eigenvalue weighted by Crippen LogP contribution is 2.21. The fraction of sp³-hybridized carbons (Fsp3) is 0.364. The standard InChI is InChI=1S/C11H13N/c1-8-7-10-5-3-4-6-11(10)9(2)12-8/h4,6-7H,3,5H2,1-2H3. The molecule has 0 spiro atoms. The van der Waals surface area contributed by atoms with Crippen molar-refractivity contribution in [2.45, 2.75) is 26.7 Å². The molecule has 1 nitrogen and oxygen atoms in total. The highest BCUT2D eigenvalue weighted by atomic mass is 14.7. The molecule has 0 unspecified atom stereocenters. The largest absolute Gasteiger partial charge is 0.258 e. The van der Waals surface area contributed by atoms with E-state index >= 15 is 0 Å². The third-order valence-corrected chi connectivity index (χ3v) is 2.33.